The second-order valence-electron chi connectivity index (χ2n) is 7.74. The van der Waals surface area contributed by atoms with E-state index in [0.717, 1.165) is 25.8 Å². The third-order valence-electron chi connectivity index (χ3n) is 5.82. The summed E-state index contributed by atoms with van der Waals surface area (Å²) in [5, 5.41) is 6.65. The van der Waals surface area contributed by atoms with Crippen molar-refractivity contribution in [2.75, 3.05) is 14.2 Å². The molecule has 2 aliphatic heterocycles. The molecule has 0 bridgehead atoms. The van der Waals surface area contributed by atoms with Gasteiger partial charge in [-0.25, -0.2) is 5.01 Å². The molecule has 3 aromatic carbocycles. The van der Waals surface area contributed by atoms with Gasteiger partial charge in [0.05, 0.1) is 26.0 Å². The summed E-state index contributed by atoms with van der Waals surface area (Å²) in [6.45, 7) is 0. The number of hydrogen-bond donors (Lipinski definition) is 0. The quantitative estimate of drug-likeness (QED) is 0.352. The molecule has 168 valence electrons. The number of hydrazone groups is 1. The minimum Gasteiger partial charge on any atom is -0.493 e. The van der Waals surface area contributed by atoms with Crippen molar-refractivity contribution in [1.82, 2.24) is 5.01 Å². The van der Waals surface area contributed by atoms with E-state index in [-0.39, 0.29) is 11.8 Å². The zero-order chi connectivity index (χ0) is 23.1. The summed E-state index contributed by atoms with van der Waals surface area (Å²) in [6.07, 6.45) is -0.227. The van der Waals surface area contributed by atoms with E-state index in [2.05, 4.69) is 31.9 Å². The third kappa shape index (κ3) is 4.02. The fourth-order valence-electron chi connectivity index (χ4n) is 4.18. The minimum atomic E-state index is -0.859. The van der Waals surface area contributed by atoms with E-state index in [1.165, 1.54) is 0 Å². The van der Waals surface area contributed by atoms with Gasteiger partial charge in [-0.05, 0) is 48.5 Å². The van der Waals surface area contributed by atoms with Gasteiger partial charge in [0, 0.05) is 32.1 Å². The summed E-state index contributed by atoms with van der Waals surface area (Å²) in [4.78, 5) is 13.5. The molecule has 2 heterocycles. The number of carbonyl (C=O) groups is 1. The number of methoxy groups -OCH3 is 2. The number of Topliss-reactive ketones (excluding diaryl/α,β-unsaturated/α-hetero) is 1. The summed E-state index contributed by atoms with van der Waals surface area (Å²) in [6, 6.07) is 18.7. The maximum absolute atomic E-state index is 13.5. The van der Waals surface area contributed by atoms with Gasteiger partial charge in [0.2, 0.25) is 5.78 Å². The Hall–Kier alpha value is -2.84. The zero-order valence-electron chi connectivity index (χ0n) is 17.9. The van der Waals surface area contributed by atoms with Crippen LogP contribution in [0.2, 0.25) is 0 Å². The van der Waals surface area contributed by atoms with Gasteiger partial charge in [-0.2, -0.15) is 5.10 Å². The van der Waals surface area contributed by atoms with Gasteiger partial charge in [-0.1, -0.05) is 44.0 Å². The molecule has 0 aliphatic carbocycles. The highest BCUT2D eigenvalue weighted by Gasteiger charge is 2.43. The average Bonchev–Trinajstić information content (AvgIpc) is 3.29. The van der Waals surface area contributed by atoms with Gasteiger partial charge in [-0.15, -0.1) is 0 Å². The van der Waals surface area contributed by atoms with E-state index in [9.17, 15) is 4.79 Å². The Bertz CT molecular complexity index is 1260. The zero-order valence-corrected chi connectivity index (χ0v) is 21.1. The molecular weight excluding hydrogens is 552 g/mol. The molecule has 2 atom stereocenters. The smallest absolute Gasteiger partial charge is 0.251 e. The summed E-state index contributed by atoms with van der Waals surface area (Å²) in [5.41, 5.74) is 3.32. The SMILES string of the molecule is COc1ccc(C2=NN3[C@@H](C(=O)c4ccc(Br)cc4)Oc4ccc(Br)cc4[C@@H]3C2)cc1OC. The van der Waals surface area contributed by atoms with Crippen LogP contribution < -0.4 is 14.2 Å². The number of rotatable bonds is 5. The van der Waals surface area contributed by atoms with Crippen LogP contribution in [-0.4, -0.2) is 37.0 Å². The molecule has 33 heavy (non-hydrogen) atoms. The van der Waals surface area contributed by atoms with E-state index >= 15 is 0 Å². The molecular formula is C25H20Br2N2O4. The topological polar surface area (TPSA) is 60.4 Å². The highest BCUT2D eigenvalue weighted by Crippen LogP contribution is 2.45. The molecule has 0 fully saturated rings. The van der Waals surface area contributed by atoms with Crippen molar-refractivity contribution in [2.45, 2.75) is 18.7 Å². The number of nitrogens with zero attached hydrogens (tertiary/aromatic N) is 2. The molecule has 5 rings (SSSR count). The van der Waals surface area contributed by atoms with Crippen LogP contribution in [0.15, 0.2) is 74.7 Å². The van der Waals surface area contributed by atoms with Crippen LogP contribution in [0, 0.1) is 0 Å². The largest absolute Gasteiger partial charge is 0.493 e. The number of hydrogen-bond acceptors (Lipinski definition) is 6. The fraction of sp³-hybridized carbons (Fsp3) is 0.200. The van der Waals surface area contributed by atoms with Crippen LogP contribution in [0.25, 0.3) is 0 Å². The van der Waals surface area contributed by atoms with Crippen molar-refractivity contribution in [2.24, 2.45) is 5.10 Å². The van der Waals surface area contributed by atoms with Crippen molar-refractivity contribution in [3.63, 3.8) is 0 Å². The van der Waals surface area contributed by atoms with Gasteiger partial charge < -0.3 is 14.2 Å². The predicted molar refractivity (Wildman–Crippen MR) is 132 cm³/mol. The summed E-state index contributed by atoms with van der Waals surface area (Å²) < 4.78 is 18.9. The third-order valence-corrected chi connectivity index (χ3v) is 6.84. The predicted octanol–water partition coefficient (Wildman–Crippen LogP) is 5.98. The molecule has 3 aromatic rings. The van der Waals surface area contributed by atoms with E-state index in [1.54, 1.807) is 31.4 Å². The number of ketones is 1. The maximum atomic E-state index is 13.5. The number of ether oxygens (including phenoxy) is 3. The van der Waals surface area contributed by atoms with E-state index in [0.29, 0.717) is 29.2 Å². The lowest BCUT2D eigenvalue weighted by molar-refractivity contribution is -0.00459. The molecule has 0 saturated carbocycles. The molecule has 8 heteroatoms. The first-order valence-electron chi connectivity index (χ1n) is 10.3. The normalized spacial score (nSPS) is 18.7. The lowest BCUT2D eigenvalue weighted by Gasteiger charge is -2.37. The second kappa shape index (κ2) is 8.83. The van der Waals surface area contributed by atoms with E-state index in [4.69, 9.17) is 19.3 Å². The minimum absolute atomic E-state index is 0.126. The molecule has 0 spiro atoms. The number of carbonyl (C=O) groups excluding carboxylic acids is 1. The summed E-state index contributed by atoms with van der Waals surface area (Å²) in [7, 11) is 3.21. The van der Waals surface area contributed by atoms with Crippen LogP contribution in [0.4, 0.5) is 0 Å². The molecule has 0 radical (unpaired) electrons. The van der Waals surface area contributed by atoms with Crippen LogP contribution >= 0.6 is 31.9 Å². The van der Waals surface area contributed by atoms with Crippen LogP contribution in [-0.2, 0) is 0 Å². The average molecular weight is 572 g/mol. The Kier molecular flexibility index (Phi) is 5.88. The van der Waals surface area contributed by atoms with Gasteiger partial charge in [0.15, 0.2) is 11.5 Å². The molecule has 2 aliphatic rings. The van der Waals surface area contributed by atoms with Gasteiger partial charge >= 0.3 is 0 Å². The number of fused-ring (bicyclic) bond motifs is 3. The van der Waals surface area contributed by atoms with Crippen LogP contribution in [0.5, 0.6) is 17.2 Å². The lowest BCUT2D eigenvalue weighted by Crippen LogP contribution is -2.45. The van der Waals surface area contributed by atoms with Crippen molar-refractivity contribution in [3.05, 3.63) is 86.3 Å². The monoisotopic (exact) mass is 570 g/mol. The van der Waals surface area contributed by atoms with Crippen LogP contribution in [0.1, 0.15) is 33.9 Å². The Morgan fingerprint density at radius 1 is 0.970 bits per heavy atom. The summed E-state index contributed by atoms with van der Waals surface area (Å²) in [5.74, 6) is 1.83. The van der Waals surface area contributed by atoms with Crippen molar-refractivity contribution >= 4 is 43.4 Å². The summed E-state index contributed by atoms with van der Waals surface area (Å²) >= 11 is 6.98. The first-order chi connectivity index (χ1) is 16.0. The molecule has 6 nitrogen and oxygen atoms in total. The number of benzene rings is 3. The van der Waals surface area contributed by atoms with Crippen molar-refractivity contribution in [1.29, 1.82) is 0 Å². The van der Waals surface area contributed by atoms with Gasteiger partial charge in [0.25, 0.3) is 6.23 Å². The Morgan fingerprint density at radius 2 is 1.70 bits per heavy atom. The highest BCUT2D eigenvalue weighted by atomic mass is 79.9. The first-order valence-corrected chi connectivity index (χ1v) is 11.9. The maximum Gasteiger partial charge on any atom is 0.251 e. The van der Waals surface area contributed by atoms with E-state index in [1.807, 2.05) is 48.5 Å². The highest BCUT2D eigenvalue weighted by molar-refractivity contribution is 9.10. The Morgan fingerprint density at radius 3 is 2.42 bits per heavy atom. The molecule has 0 unspecified atom stereocenters. The fourth-order valence-corrected chi connectivity index (χ4v) is 4.82. The van der Waals surface area contributed by atoms with E-state index < -0.39 is 6.23 Å². The number of halogens is 2. The molecule has 0 saturated heterocycles. The standard InChI is InChI=1S/C25H20Br2N2O4/c1-31-22-9-5-15(11-23(22)32-2)19-13-20-18-12-17(27)8-10-21(18)33-25(29(20)28-19)24(30)14-3-6-16(26)7-4-14/h3-12,20,25H,13H2,1-2H3/t20-,25+/m0/s1. The molecule has 0 aromatic heterocycles. The molecule has 0 N–H and O–H groups in total. The Balaban J connectivity index is 1.56. The first kappa shape index (κ1) is 22.0. The van der Waals surface area contributed by atoms with Crippen LogP contribution in [0.3, 0.4) is 0 Å². The van der Waals surface area contributed by atoms with Crippen molar-refractivity contribution in [3.8, 4) is 17.2 Å². The second-order valence-corrected chi connectivity index (χ2v) is 9.57. The Labute approximate surface area is 208 Å². The van der Waals surface area contributed by atoms with Gasteiger partial charge in [0.1, 0.15) is 5.75 Å². The molecule has 0 amide bonds. The van der Waals surface area contributed by atoms with Crippen molar-refractivity contribution < 1.29 is 19.0 Å². The lowest BCUT2D eigenvalue weighted by atomic mass is 9.95. The van der Waals surface area contributed by atoms with Gasteiger partial charge in [-0.3, -0.25) is 4.79 Å².